The molecule has 1 aromatic carbocycles. The normalized spacial score (nSPS) is 11.0. The fraction of sp³-hybridized carbons (Fsp3) is 0.429. The number of benzene rings is 1. The predicted molar refractivity (Wildman–Crippen MR) is 115 cm³/mol. The average molecular weight is 413 g/mol. The third-order valence-electron chi connectivity index (χ3n) is 4.94. The first-order valence-corrected chi connectivity index (χ1v) is 10.1. The highest BCUT2D eigenvalue weighted by Gasteiger charge is 2.14. The molecule has 9 nitrogen and oxygen atoms in total. The van der Waals surface area contributed by atoms with Gasteiger partial charge in [0.1, 0.15) is 5.75 Å². The quantitative estimate of drug-likeness (QED) is 0.541. The maximum absolute atomic E-state index is 12.5. The minimum Gasteiger partial charge on any atom is -0.491 e. The predicted octanol–water partition coefficient (Wildman–Crippen LogP) is 2.03. The molecule has 0 spiro atoms. The van der Waals surface area contributed by atoms with Crippen LogP contribution in [-0.2, 0) is 25.4 Å². The van der Waals surface area contributed by atoms with Crippen molar-refractivity contribution in [1.82, 2.24) is 18.7 Å². The molecule has 0 bridgehead atoms. The van der Waals surface area contributed by atoms with Crippen molar-refractivity contribution in [3.8, 4) is 5.75 Å². The Morgan fingerprint density at radius 3 is 2.67 bits per heavy atom. The Kier molecular flexibility index (Phi) is 6.71. The number of aromatic nitrogens is 4. The summed E-state index contributed by atoms with van der Waals surface area (Å²) in [6.45, 7) is 3.14. The van der Waals surface area contributed by atoms with Gasteiger partial charge in [0.25, 0.3) is 5.56 Å². The van der Waals surface area contributed by atoms with E-state index in [9.17, 15) is 14.4 Å². The number of aryl methyl sites for hydroxylation is 2. The van der Waals surface area contributed by atoms with Gasteiger partial charge in [-0.05, 0) is 25.0 Å². The van der Waals surface area contributed by atoms with Gasteiger partial charge in [-0.25, -0.2) is 9.78 Å². The van der Waals surface area contributed by atoms with E-state index in [0.717, 1.165) is 17.4 Å². The van der Waals surface area contributed by atoms with Crippen molar-refractivity contribution in [1.29, 1.82) is 0 Å². The minimum atomic E-state index is -0.419. The number of rotatable bonds is 9. The second kappa shape index (κ2) is 9.43. The monoisotopic (exact) mass is 413 g/mol. The van der Waals surface area contributed by atoms with E-state index in [2.05, 4.69) is 17.2 Å². The van der Waals surface area contributed by atoms with Crippen LogP contribution in [-0.4, -0.2) is 31.2 Å². The maximum atomic E-state index is 12.5. The van der Waals surface area contributed by atoms with Crippen LogP contribution in [0.2, 0.25) is 0 Å². The number of amides is 1. The van der Waals surface area contributed by atoms with Crippen LogP contribution >= 0.6 is 0 Å². The van der Waals surface area contributed by atoms with Crippen LogP contribution in [0.1, 0.15) is 32.6 Å². The summed E-state index contributed by atoms with van der Waals surface area (Å²) >= 11 is 0. The summed E-state index contributed by atoms with van der Waals surface area (Å²) in [5.41, 5.74) is 0.529. The molecule has 0 saturated carbocycles. The summed E-state index contributed by atoms with van der Waals surface area (Å²) in [5, 5.41) is 2.89. The highest BCUT2D eigenvalue weighted by molar-refractivity contribution is 5.92. The second-order valence-corrected chi connectivity index (χ2v) is 7.17. The molecule has 0 saturated heterocycles. The van der Waals surface area contributed by atoms with Crippen molar-refractivity contribution in [2.24, 2.45) is 14.1 Å². The molecule has 0 radical (unpaired) electrons. The van der Waals surface area contributed by atoms with Crippen molar-refractivity contribution in [2.45, 2.75) is 39.2 Å². The lowest BCUT2D eigenvalue weighted by Gasteiger charge is -2.12. The number of hydrogen-bond donors (Lipinski definition) is 1. The van der Waals surface area contributed by atoms with E-state index in [4.69, 9.17) is 4.74 Å². The number of fused-ring (bicyclic) bond motifs is 1. The average Bonchev–Trinajstić information content (AvgIpc) is 3.16. The van der Waals surface area contributed by atoms with Crippen molar-refractivity contribution in [3.63, 3.8) is 0 Å². The summed E-state index contributed by atoms with van der Waals surface area (Å²) in [5.74, 6) is 0.524. The van der Waals surface area contributed by atoms with Gasteiger partial charge in [-0.1, -0.05) is 25.5 Å². The minimum absolute atomic E-state index is 0.133. The summed E-state index contributed by atoms with van der Waals surface area (Å²) in [7, 11) is 3.02. The van der Waals surface area contributed by atoms with Gasteiger partial charge in [-0.3, -0.25) is 18.7 Å². The van der Waals surface area contributed by atoms with Crippen molar-refractivity contribution >= 4 is 22.8 Å². The number of nitrogens with one attached hydrogen (secondary N) is 1. The van der Waals surface area contributed by atoms with E-state index in [0.29, 0.717) is 42.2 Å². The molecule has 0 aliphatic heterocycles. The van der Waals surface area contributed by atoms with Crippen LogP contribution in [0, 0.1) is 0 Å². The highest BCUT2D eigenvalue weighted by Crippen LogP contribution is 2.24. The Bertz CT molecular complexity index is 1160. The molecule has 3 aromatic rings. The van der Waals surface area contributed by atoms with Gasteiger partial charge >= 0.3 is 5.69 Å². The first-order valence-electron chi connectivity index (χ1n) is 10.1. The molecule has 1 amide bonds. The smallest absolute Gasteiger partial charge is 0.332 e. The van der Waals surface area contributed by atoms with Crippen LogP contribution in [0.3, 0.4) is 0 Å². The van der Waals surface area contributed by atoms with Gasteiger partial charge in [-0.15, -0.1) is 0 Å². The molecule has 2 heterocycles. The van der Waals surface area contributed by atoms with E-state index < -0.39 is 11.2 Å². The van der Waals surface area contributed by atoms with E-state index in [1.165, 1.54) is 17.9 Å². The molecule has 3 rings (SSSR count). The van der Waals surface area contributed by atoms with Crippen LogP contribution in [0.15, 0.2) is 40.2 Å². The number of anilines is 1. The maximum Gasteiger partial charge on any atom is 0.332 e. The molecule has 0 atom stereocenters. The Balaban J connectivity index is 1.64. The third kappa shape index (κ3) is 4.45. The number of nitrogens with zero attached hydrogens (tertiary/aromatic N) is 4. The summed E-state index contributed by atoms with van der Waals surface area (Å²) in [6, 6.07) is 7.37. The lowest BCUT2D eigenvalue weighted by molar-refractivity contribution is -0.116. The van der Waals surface area contributed by atoms with Gasteiger partial charge < -0.3 is 14.6 Å². The lowest BCUT2D eigenvalue weighted by Crippen LogP contribution is -2.37. The van der Waals surface area contributed by atoms with E-state index in [1.54, 1.807) is 11.6 Å². The molecule has 9 heteroatoms. The first kappa shape index (κ1) is 21.4. The van der Waals surface area contributed by atoms with Gasteiger partial charge in [0, 0.05) is 27.1 Å². The van der Waals surface area contributed by atoms with Crippen molar-refractivity contribution in [2.75, 3.05) is 11.9 Å². The zero-order valence-electron chi connectivity index (χ0n) is 17.6. The Hall–Kier alpha value is -3.36. The lowest BCUT2D eigenvalue weighted by atomic mass is 10.2. The molecule has 0 aliphatic carbocycles. The van der Waals surface area contributed by atoms with Crippen LogP contribution in [0.25, 0.3) is 11.2 Å². The van der Waals surface area contributed by atoms with Gasteiger partial charge in [0.05, 0.1) is 18.6 Å². The van der Waals surface area contributed by atoms with Crippen LogP contribution in [0.4, 0.5) is 5.69 Å². The number of para-hydroxylation sites is 2. The Morgan fingerprint density at radius 1 is 1.13 bits per heavy atom. The Labute approximate surface area is 173 Å². The molecule has 0 unspecified atom stereocenters. The third-order valence-corrected chi connectivity index (χ3v) is 4.94. The summed E-state index contributed by atoms with van der Waals surface area (Å²) < 4.78 is 9.83. The van der Waals surface area contributed by atoms with Gasteiger partial charge in [0.15, 0.2) is 11.2 Å². The molecular formula is C21H27N5O4. The summed E-state index contributed by atoms with van der Waals surface area (Å²) in [6.07, 6.45) is 4.30. The fourth-order valence-corrected chi connectivity index (χ4v) is 3.21. The number of unbranched alkanes of at least 4 members (excludes halogenated alkanes) is 1. The molecule has 0 aliphatic rings. The molecule has 2 aromatic heterocycles. The molecule has 0 fully saturated rings. The van der Waals surface area contributed by atoms with E-state index in [1.807, 2.05) is 24.3 Å². The summed E-state index contributed by atoms with van der Waals surface area (Å²) in [4.78, 5) is 41.1. The van der Waals surface area contributed by atoms with E-state index in [-0.39, 0.29) is 12.3 Å². The number of carbonyl (C=O) groups is 1. The van der Waals surface area contributed by atoms with Crippen molar-refractivity contribution in [3.05, 3.63) is 51.4 Å². The Morgan fingerprint density at radius 2 is 1.90 bits per heavy atom. The fourth-order valence-electron chi connectivity index (χ4n) is 3.21. The SMILES string of the molecule is CCCCOc1ccccc1NC(=O)CCCn1cnc2c1c(=O)n(C)c(=O)n2C. The standard InChI is InChI=1S/C21H27N5O4/c1-4-5-13-30-16-10-7-6-9-15(16)23-17(27)11-8-12-26-14-22-19-18(26)20(28)25(3)21(29)24(19)2/h6-7,9-10,14H,4-5,8,11-13H2,1-3H3,(H,23,27). The van der Waals surface area contributed by atoms with E-state index >= 15 is 0 Å². The zero-order valence-corrected chi connectivity index (χ0v) is 17.6. The molecule has 160 valence electrons. The number of ether oxygens (including phenoxy) is 1. The molecular weight excluding hydrogens is 386 g/mol. The van der Waals surface area contributed by atoms with Gasteiger partial charge in [0.2, 0.25) is 5.91 Å². The first-order chi connectivity index (χ1) is 14.4. The molecule has 1 N–H and O–H groups in total. The van der Waals surface area contributed by atoms with Gasteiger partial charge in [-0.2, -0.15) is 0 Å². The van der Waals surface area contributed by atoms with Crippen LogP contribution in [0.5, 0.6) is 5.75 Å². The molecule has 30 heavy (non-hydrogen) atoms. The highest BCUT2D eigenvalue weighted by atomic mass is 16.5. The zero-order chi connectivity index (χ0) is 21.7. The topological polar surface area (TPSA) is 100 Å². The second-order valence-electron chi connectivity index (χ2n) is 7.17. The number of hydrogen-bond acceptors (Lipinski definition) is 5. The largest absolute Gasteiger partial charge is 0.491 e. The number of carbonyl (C=O) groups excluding carboxylic acids is 1. The van der Waals surface area contributed by atoms with Crippen LogP contribution < -0.4 is 21.3 Å². The van der Waals surface area contributed by atoms with Crippen molar-refractivity contribution < 1.29 is 9.53 Å². The number of imidazole rings is 1.